The molecule has 4 heteroatoms. The number of pyridine rings is 1. The van der Waals surface area contributed by atoms with Crippen molar-refractivity contribution in [2.75, 3.05) is 18.5 Å². The van der Waals surface area contributed by atoms with Crippen molar-refractivity contribution in [3.8, 4) is 0 Å². The van der Waals surface area contributed by atoms with Crippen molar-refractivity contribution in [1.29, 1.82) is 0 Å². The Labute approximate surface area is 111 Å². The van der Waals surface area contributed by atoms with Crippen LogP contribution in [0.1, 0.15) is 16.0 Å². The third-order valence-corrected chi connectivity index (χ3v) is 4.34. The molecular weight excluding hydrogens is 242 g/mol. The molecule has 0 bridgehead atoms. The number of rotatable bonds is 3. The van der Waals surface area contributed by atoms with Crippen LogP contribution in [-0.4, -0.2) is 18.6 Å². The molecule has 0 fully saturated rings. The van der Waals surface area contributed by atoms with Gasteiger partial charge in [-0.3, -0.25) is 0 Å². The van der Waals surface area contributed by atoms with Gasteiger partial charge in [-0.15, -0.1) is 11.3 Å². The van der Waals surface area contributed by atoms with Gasteiger partial charge in [0.05, 0.1) is 0 Å². The molecule has 0 saturated heterocycles. The molecule has 1 aliphatic rings. The van der Waals surface area contributed by atoms with Crippen LogP contribution < -0.4 is 10.2 Å². The van der Waals surface area contributed by atoms with E-state index >= 15 is 0 Å². The number of fused-ring (bicyclic) bond motifs is 1. The molecule has 0 atom stereocenters. The lowest BCUT2D eigenvalue weighted by Gasteiger charge is -2.28. The summed E-state index contributed by atoms with van der Waals surface area (Å²) in [6, 6.07) is 6.52. The molecule has 0 aromatic carbocycles. The normalized spacial score (nSPS) is 14.6. The topological polar surface area (TPSA) is 28.2 Å². The van der Waals surface area contributed by atoms with Gasteiger partial charge < -0.3 is 10.2 Å². The molecular formula is C14H17N3S. The SMILES string of the molecule is CNCc1ccc(N2CCc3sccc3C2)nc1. The summed E-state index contributed by atoms with van der Waals surface area (Å²) in [5.41, 5.74) is 2.70. The quantitative estimate of drug-likeness (QED) is 0.917. The van der Waals surface area contributed by atoms with E-state index < -0.39 is 0 Å². The van der Waals surface area contributed by atoms with Crippen LogP contribution >= 0.6 is 11.3 Å². The number of anilines is 1. The third kappa shape index (κ3) is 2.26. The van der Waals surface area contributed by atoms with E-state index in [1.807, 2.05) is 24.6 Å². The first kappa shape index (κ1) is 11.7. The zero-order valence-corrected chi connectivity index (χ0v) is 11.3. The van der Waals surface area contributed by atoms with E-state index in [0.717, 1.165) is 31.9 Å². The van der Waals surface area contributed by atoms with Crippen LogP contribution in [-0.2, 0) is 19.5 Å². The molecule has 2 aromatic heterocycles. The average molecular weight is 259 g/mol. The monoisotopic (exact) mass is 259 g/mol. The summed E-state index contributed by atoms with van der Waals surface area (Å²) >= 11 is 1.88. The van der Waals surface area contributed by atoms with Gasteiger partial charge in [-0.1, -0.05) is 6.07 Å². The van der Waals surface area contributed by atoms with E-state index in [2.05, 4.69) is 38.8 Å². The molecule has 3 heterocycles. The van der Waals surface area contributed by atoms with Gasteiger partial charge in [0.25, 0.3) is 0 Å². The fourth-order valence-corrected chi connectivity index (χ4v) is 3.25. The Balaban J connectivity index is 1.76. The van der Waals surface area contributed by atoms with Crippen LogP contribution in [0.5, 0.6) is 0 Å². The largest absolute Gasteiger partial charge is 0.352 e. The summed E-state index contributed by atoms with van der Waals surface area (Å²) in [5, 5.41) is 5.33. The molecule has 0 unspecified atom stereocenters. The van der Waals surface area contributed by atoms with Gasteiger partial charge in [0.1, 0.15) is 5.82 Å². The molecule has 0 spiro atoms. The van der Waals surface area contributed by atoms with Gasteiger partial charge >= 0.3 is 0 Å². The standard InChI is InChI=1S/C14H17N3S/c1-15-8-11-2-3-14(16-9-11)17-6-4-13-12(10-17)5-7-18-13/h2-3,5,7,9,15H,4,6,8,10H2,1H3. The number of aromatic nitrogens is 1. The van der Waals surface area contributed by atoms with E-state index in [4.69, 9.17) is 0 Å². The maximum absolute atomic E-state index is 4.57. The lowest BCUT2D eigenvalue weighted by molar-refractivity contribution is 0.730. The summed E-state index contributed by atoms with van der Waals surface area (Å²) in [7, 11) is 1.96. The summed E-state index contributed by atoms with van der Waals surface area (Å²) in [6.45, 7) is 2.95. The van der Waals surface area contributed by atoms with E-state index in [1.165, 1.54) is 16.0 Å². The maximum atomic E-state index is 4.57. The molecule has 0 saturated carbocycles. The first-order valence-electron chi connectivity index (χ1n) is 6.26. The predicted octanol–water partition coefficient (Wildman–Crippen LogP) is 2.43. The molecule has 0 amide bonds. The Kier molecular flexibility index (Phi) is 3.30. The van der Waals surface area contributed by atoms with Crippen LogP contribution in [0.15, 0.2) is 29.8 Å². The van der Waals surface area contributed by atoms with Gasteiger partial charge in [-0.05, 0) is 42.1 Å². The highest BCUT2D eigenvalue weighted by Crippen LogP contribution is 2.26. The van der Waals surface area contributed by atoms with Crippen molar-refractivity contribution < 1.29 is 0 Å². The van der Waals surface area contributed by atoms with Gasteiger partial charge in [0.15, 0.2) is 0 Å². The molecule has 3 nitrogen and oxygen atoms in total. The molecule has 1 aliphatic heterocycles. The molecule has 2 aromatic rings. The highest BCUT2D eigenvalue weighted by atomic mass is 32.1. The summed E-state index contributed by atoms with van der Waals surface area (Å²) in [4.78, 5) is 8.47. The number of nitrogens with one attached hydrogen (secondary N) is 1. The zero-order chi connectivity index (χ0) is 12.4. The van der Waals surface area contributed by atoms with Crippen molar-refractivity contribution >= 4 is 17.2 Å². The Morgan fingerprint density at radius 3 is 3.11 bits per heavy atom. The fraction of sp³-hybridized carbons (Fsp3) is 0.357. The molecule has 94 valence electrons. The van der Waals surface area contributed by atoms with E-state index in [9.17, 15) is 0 Å². The number of hydrogen-bond acceptors (Lipinski definition) is 4. The van der Waals surface area contributed by atoms with E-state index in [0.29, 0.717) is 0 Å². The highest BCUT2D eigenvalue weighted by molar-refractivity contribution is 7.10. The van der Waals surface area contributed by atoms with Gasteiger partial charge in [-0.25, -0.2) is 4.98 Å². The first-order chi connectivity index (χ1) is 8.86. The van der Waals surface area contributed by atoms with Gasteiger partial charge in [0.2, 0.25) is 0 Å². The van der Waals surface area contributed by atoms with Crippen LogP contribution in [0.3, 0.4) is 0 Å². The van der Waals surface area contributed by atoms with Crippen LogP contribution in [0.2, 0.25) is 0 Å². The summed E-state index contributed by atoms with van der Waals surface area (Å²) in [5.74, 6) is 1.09. The number of nitrogens with zero attached hydrogens (tertiary/aromatic N) is 2. The molecule has 18 heavy (non-hydrogen) atoms. The van der Waals surface area contributed by atoms with Gasteiger partial charge in [0, 0.05) is 30.7 Å². The minimum Gasteiger partial charge on any atom is -0.352 e. The van der Waals surface area contributed by atoms with Gasteiger partial charge in [-0.2, -0.15) is 0 Å². The van der Waals surface area contributed by atoms with Crippen molar-refractivity contribution in [1.82, 2.24) is 10.3 Å². The third-order valence-electron chi connectivity index (χ3n) is 3.32. The minimum absolute atomic E-state index is 0.877. The Bertz CT molecular complexity index is 518. The summed E-state index contributed by atoms with van der Waals surface area (Å²) in [6.07, 6.45) is 3.11. The first-order valence-corrected chi connectivity index (χ1v) is 7.14. The minimum atomic E-state index is 0.877. The Morgan fingerprint density at radius 2 is 2.33 bits per heavy atom. The molecule has 3 rings (SSSR count). The van der Waals surface area contributed by atoms with Crippen LogP contribution in [0.4, 0.5) is 5.82 Å². The second-order valence-electron chi connectivity index (χ2n) is 4.60. The Hall–Kier alpha value is -1.39. The fourth-order valence-electron chi connectivity index (χ4n) is 2.36. The lowest BCUT2D eigenvalue weighted by Crippen LogP contribution is -2.30. The Morgan fingerprint density at radius 1 is 1.39 bits per heavy atom. The number of hydrogen-bond donors (Lipinski definition) is 1. The second-order valence-corrected chi connectivity index (χ2v) is 5.60. The van der Waals surface area contributed by atoms with E-state index in [1.54, 1.807) is 0 Å². The maximum Gasteiger partial charge on any atom is 0.128 e. The average Bonchev–Trinajstić information content (AvgIpc) is 2.87. The molecule has 0 aliphatic carbocycles. The predicted molar refractivity (Wildman–Crippen MR) is 76.1 cm³/mol. The van der Waals surface area contributed by atoms with Crippen molar-refractivity contribution in [2.24, 2.45) is 0 Å². The number of thiophene rings is 1. The van der Waals surface area contributed by atoms with Crippen molar-refractivity contribution in [3.05, 3.63) is 45.8 Å². The van der Waals surface area contributed by atoms with E-state index in [-0.39, 0.29) is 0 Å². The smallest absolute Gasteiger partial charge is 0.128 e. The van der Waals surface area contributed by atoms with Crippen molar-refractivity contribution in [3.63, 3.8) is 0 Å². The molecule has 0 radical (unpaired) electrons. The van der Waals surface area contributed by atoms with Crippen LogP contribution in [0.25, 0.3) is 0 Å². The zero-order valence-electron chi connectivity index (χ0n) is 10.5. The highest BCUT2D eigenvalue weighted by Gasteiger charge is 2.17. The second kappa shape index (κ2) is 5.08. The lowest BCUT2D eigenvalue weighted by atomic mass is 10.1. The van der Waals surface area contributed by atoms with Crippen molar-refractivity contribution in [2.45, 2.75) is 19.5 Å². The van der Waals surface area contributed by atoms with Crippen LogP contribution in [0, 0.1) is 0 Å². The molecule has 1 N–H and O–H groups in total. The summed E-state index contributed by atoms with van der Waals surface area (Å²) < 4.78 is 0.